The van der Waals surface area contributed by atoms with Crippen LogP contribution in [0.3, 0.4) is 0 Å². The zero-order valence-corrected chi connectivity index (χ0v) is 22.9. The highest BCUT2D eigenvalue weighted by atomic mass is 16.6. The molecular formula is C29H33N7O4. The Balaban J connectivity index is 1.28. The van der Waals surface area contributed by atoms with Gasteiger partial charge in [0.2, 0.25) is 5.95 Å². The number of nitriles is 1. The number of carbonyl (C=O) groups excluding carboxylic acids is 1. The molecule has 0 radical (unpaired) electrons. The topological polar surface area (TPSA) is 136 Å². The van der Waals surface area contributed by atoms with E-state index in [9.17, 15) is 14.9 Å². The molecule has 11 nitrogen and oxygen atoms in total. The van der Waals surface area contributed by atoms with Crippen molar-refractivity contribution in [2.45, 2.75) is 26.4 Å². The first kappa shape index (κ1) is 28.3. The summed E-state index contributed by atoms with van der Waals surface area (Å²) in [7, 11) is 0. The first-order valence-corrected chi connectivity index (χ1v) is 13.0. The van der Waals surface area contributed by atoms with Crippen LogP contribution in [0.15, 0.2) is 64.5 Å². The second kappa shape index (κ2) is 12.9. The van der Waals surface area contributed by atoms with Crippen LogP contribution in [0.4, 0.5) is 10.7 Å². The zero-order valence-electron chi connectivity index (χ0n) is 22.9. The second-order valence-electron chi connectivity index (χ2n) is 10.2. The number of anilines is 1. The van der Waals surface area contributed by atoms with Gasteiger partial charge < -0.3 is 14.4 Å². The molecule has 0 aliphatic carbocycles. The monoisotopic (exact) mass is 543 g/mol. The van der Waals surface area contributed by atoms with Crippen LogP contribution in [0.2, 0.25) is 0 Å². The van der Waals surface area contributed by atoms with Crippen molar-refractivity contribution < 1.29 is 14.3 Å². The molecule has 1 aromatic heterocycles. The fraction of sp³-hybridized carbons (Fsp3) is 0.345. The normalized spacial score (nSPS) is 14.1. The number of hydrogen-bond donors (Lipinski definition) is 2. The van der Waals surface area contributed by atoms with E-state index in [4.69, 9.17) is 9.47 Å². The third-order valence-corrected chi connectivity index (χ3v) is 6.02. The van der Waals surface area contributed by atoms with E-state index in [1.807, 2.05) is 69.3 Å². The number of ether oxygens (including phenoxy) is 2. The fourth-order valence-corrected chi connectivity index (χ4v) is 4.06. The van der Waals surface area contributed by atoms with Crippen molar-refractivity contribution in [1.82, 2.24) is 19.8 Å². The van der Waals surface area contributed by atoms with Gasteiger partial charge in [0.05, 0.1) is 11.9 Å². The number of aromatic amines is 1. The van der Waals surface area contributed by atoms with E-state index in [1.165, 1.54) is 0 Å². The number of benzene rings is 2. The highest BCUT2D eigenvalue weighted by molar-refractivity contribution is 5.80. The van der Waals surface area contributed by atoms with Gasteiger partial charge >= 0.3 is 6.09 Å². The number of nitrogens with one attached hydrogen (secondary N) is 2. The predicted octanol–water partition coefficient (Wildman–Crippen LogP) is 3.69. The molecule has 2 aromatic carbocycles. The van der Waals surface area contributed by atoms with Crippen LogP contribution in [0.1, 0.15) is 31.9 Å². The van der Waals surface area contributed by atoms with E-state index >= 15 is 0 Å². The molecule has 3 aromatic rings. The maximum absolute atomic E-state index is 12.4. The Morgan fingerprint density at radius 2 is 1.90 bits per heavy atom. The van der Waals surface area contributed by atoms with Crippen LogP contribution < -0.4 is 15.7 Å². The number of rotatable bonds is 8. The second-order valence-corrected chi connectivity index (χ2v) is 10.2. The summed E-state index contributed by atoms with van der Waals surface area (Å²) in [6.45, 7) is 9.62. The number of aromatic nitrogens is 2. The van der Waals surface area contributed by atoms with Gasteiger partial charge in [-0.05, 0) is 38.5 Å². The van der Waals surface area contributed by atoms with Crippen molar-refractivity contribution in [3.8, 4) is 23.1 Å². The number of H-pyrrole nitrogens is 1. The molecule has 1 fully saturated rings. The zero-order chi connectivity index (χ0) is 28.5. The third-order valence-electron chi connectivity index (χ3n) is 6.02. The summed E-state index contributed by atoms with van der Waals surface area (Å²) < 4.78 is 11.4. The molecule has 2 N–H and O–H groups in total. The van der Waals surface area contributed by atoms with E-state index in [0.717, 1.165) is 25.2 Å². The first-order chi connectivity index (χ1) is 19.2. The number of hydrogen-bond acceptors (Lipinski definition) is 9. The molecule has 4 rings (SSSR count). The molecule has 0 bridgehead atoms. The number of nitrogens with zero attached hydrogens (tertiary/aromatic N) is 5. The van der Waals surface area contributed by atoms with Crippen LogP contribution in [-0.4, -0.2) is 77.0 Å². The lowest BCUT2D eigenvalue weighted by Gasteiger charge is -2.35. The number of amides is 1. The third kappa shape index (κ3) is 7.91. The van der Waals surface area contributed by atoms with Gasteiger partial charge in [-0.1, -0.05) is 42.5 Å². The van der Waals surface area contributed by atoms with E-state index in [1.54, 1.807) is 23.2 Å². The Hall–Kier alpha value is -4.69. The molecule has 2 heterocycles. The molecule has 0 saturated carbocycles. The minimum atomic E-state index is -0.546. The largest absolute Gasteiger partial charge is 0.492 e. The van der Waals surface area contributed by atoms with Crippen molar-refractivity contribution >= 4 is 18.3 Å². The lowest BCUT2D eigenvalue weighted by molar-refractivity contribution is 0.0137. The highest BCUT2D eigenvalue weighted by Crippen LogP contribution is 2.19. The highest BCUT2D eigenvalue weighted by Gasteiger charge is 2.25. The van der Waals surface area contributed by atoms with Gasteiger partial charge in [0, 0.05) is 38.3 Å². The van der Waals surface area contributed by atoms with E-state index in [2.05, 4.69) is 25.4 Å². The van der Waals surface area contributed by atoms with Crippen molar-refractivity contribution in [1.29, 1.82) is 5.26 Å². The molecule has 1 aliphatic rings. The molecule has 0 unspecified atom stereocenters. The number of carbonyl (C=O) groups is 1. The standard InChI is InChI=1S/C29H33N7O4/c1-29(2,3)40-28(38)36-14-12-35(13-15-36)16-17-39-23-11-7-8-21(18-23)20-31-34-27-32-25(22-9-5-4-6-10-22)24(19-30)26(37)33-27/h4-11,18,20H,12-17H2,1-3H3,(H2,32,33,34,37). The SMILES string of the molecule is CC(C)(C)OC(=O)N1CCN(CCOc2cccc(C=NNc3nc(-c4ccccc4)c(C#N)c(=O)[nH]3)c2)CC1. The van der Waals surface area contributed by atoms with Gasteiger partial charge in [0.15, 0.2) is 0 Å². The maximum atomic E-state index is 12.4. The Kier molecular flexibility index (Phi) is 9.14. The molecule has 1 aliphatic heterocycles. The van der Waals surface area contributed by atoms with E-state index in [-0.39, 0.29) is 23.3 Å². The lowest BCUT2D eigenvalue weighted by Crippen LogP contribution is -2.50. The first-order valence-electron chi connectivity index (χ1n) is 13.0. The number of hydrazone groups is 1. The Morgan fingerprint density at radius 1 is 1.15 bits per heavy atom. The average molecular weight is 544 g/mol. The molecule has 1 amide bonds. The summed E-state index contributed by atoms with van der Waals surface area (Å²) in [6.07, 6.45) is 1.32. The molecule has 40 heavy (non-hydrogen) atoms. The number of piperazine rings is 1. The molecule has 208 valence electrons. The molecule has 0 atom stereocenters. The minimum absolute atomic E-state index is 0.0597. The Morgan fingerprint density at radius 3 is 2.60 bits per heavy atom. The lowest BCUT2D eigenvalue weighted by atomic mass is 10.1. The van der Waals surface area contributed by atoms with E-state index in [0.29, 0.717) is 31.0 Å². The summed E-state index contributed by atoms with van der Waals surface area (Å²) in [5.74, 6) is 0.825. The summed E-state index contributed by atoms with van der Waals surface area (Å²) in [5.41, 5.74) is 3.36. The minimum Gasteiger partial charge on any atom is -0.492 e. The van der Waals surface area contributed by atoms with Gasteiger partial charge in [-0.15, -0.1) is 0 Å². The summed E-state index contributed by atoms with van der Waals surface area (Å²) >= 11 is 0. The van der Waals surface area contributed by atoms with Gasteiger partial charge in [0.25, 0.3) is 5.56 Å². The maximum Gasteiger partial charge on any atom is 0.410 e. The van der Waals surface area contributed by atoms with Gasteiger partial charge in [-0.3, -0.25) is 14.7 Å². The van der Waals surface area contributed by atoms with Crippen LogP contribution in [0, 0.1) is 11.3 Å². The van der Waals surface area contributed by atoms with Crippen LogP contribution >= 0.6 is 0 Å². The fourth-order valence-electron chi connectivity index (χ4n) is 4.06. The quantitative estimate of drug-likeness (QED) is 0.324. The Bertz CT molecular complexity index is 1430. The van der Waals surface area contributed by atoms with Crippen LogP contribution in [0.25, 0.3) is 11.3 Å². The van der Waals surface area contributed by atoms with E-state index < -0.39 is 11.2 Å². The molecule has 0 spiro atoms. The van der Waals surface area contributed by atoms with Crippen LogP contribution in [0.5, 0.6) is 5.75 Å². The molecular weight excluding hydrogens is 510 g/mol. The summed E-state index contributed by atoms with van der Waals surface area (Å²) in [5, 5.41) is 13.6. The van der Waals surface area contributed by atoms with Crippen molar-refractivity contribution in [3.05, 3.63) is 76.1 Å². The average Bonchev–Trinajstić information content (AvgIpc) is 2.93. The smallest absolute Gasteiger partial charge is 0.410 e. The van der Waals surface area contributed by atoms with Crippen molar-refractivity contribution in [2.75, 3.05) is 44.8 Å². The van der Waals surface area contributed by atoms with Crippen molar-refractivity contribution in [3.63, 3.8) is 0 Å². The summed E-state index contributed by atoms with van der Waals surface area (Å²) in [6, 6.07) is 18.4. The van der Waals surface area contributed by atoms with Crippen LogP contribution in [-0.2, 0) is 4.74 Å². The van der Waals surface area contributed by atoms with Gasteiger partial charge in [0.1, 0.15) is 29.6 Å². The van der Waals surface area contributed by atoms with Gasteiger partial charge in [-0.2, -0.15) is 10.4 Å². The Labute approximate surface area is 233 Å². The summed E-state index contributed by atoms with van der Waals surface area (Å²) in [4.78, 5) is 35.6. The predicted molar refractivity (Wildman–Crippen MR) is 152 cm³/mol. The molecule has 11 heteroatoms. The van der Waals surface area contributed by atoms with Crippen molar-refractivity contribution in [2.24, 2.45) is 5.10 Å². The molecule has 1 saturated heterocycles. The van der Waals surface area contributed by atoms with Gasteiger partial charge in [-0.25, -0.2) is 15.2 Å².